The molecule has 9 heteroatoms. The normalized spacial score (nSPS) is 16.0. The van der Waals surface area contributed by atoms with Crippen molar-refractivity contribution < 1.29 is 17.9 Å². The highest BCUT2D eigenvalue weighted by atomic mass is 79.9. The predicted molar refractivity (Wildman–Crippen MR) is 94.2 cm³/mol. The molecule has 2 heterocycles. The van der Waals surface area contributed by atoms with E-state index in [0.717, 1.165) is 4.47 Å². The van der Waals surface area contributed by atoms with Crippen molar-refractivity contribution in [1.82, 2.24) is 9.21 Å². The highest BCUT2D eigenvalue weighted by Crippen LogP contribution is 2.20. The van der Waals surface area contributed by atoms with E-state index in [0.29, 0.717) is 10.3 Å². The molecule has 0 N–H and O–H groups in total. The van der Waals surface area contributed by atoms with Crippen LogP contribution in [0.15, 0.2) is 58.2 Å². The highest BCUT2D eigenvalue weighted by molar-refractivity contribution is 9.10. The third kappa shape index (κ3) is 3.83. The molecule has 0 unspecified atom stereocenters. The van der Waals surface area contributed by atoms with Gasteiger partial charge in [-0.25, -0.2) is 8.42 Å². The third-order valence-electron chi connectivity index (χ3n) is 4.00. The number of amides is 1. The van der Waals surface area contributed by atoms with Crippen molar-refractivity contribution in [3.8, 4) is 0 Å². The predicted octanol–water partition coefficient (Wildman–Crippen LogP) is 1.23. The third-order valence-corrected chi connectivity index (χ3v) is 6.44. The molecule has 25 heavy (non-hydrogen) atoms. The van der Waals surface area contributed by atoms with Crippen LogP contribution in [0.4, 0.5) is 0 Å². The van der Waals surface area contributed by atoms with Crippen LogP contribution in [0, 0.1) is 5.21 Å². The van der Waals surface area contributed by atoms with Gasteiger partial charge in [-0.05, 0) is 30.3 Å². The number of rotatable bonds is 3. The Morgan fingerprint density at radius 3 is 2.32 bits per heavy atom. The Bertz CT molecular complexity index is 879. The first-order valence-electron chi connectivity index (χ1n) is 7.62. The summed E-state index contributed by atoms with van der Waals surface area (Å²) in [5.41, 5.74) is 0.293. The Labute approximate surface area is 154 Å². The minimum atomic E-state index is -3.58. The highest BCUT2D eigenvalue weighted by Gasteiger charge is 2.30. The zero-order valence-electron chi connectivity index (χ0n) is 13.2. The van der Waals surface area contributed by atoms with E-state index < -0.39 is 10.0 Å². The van der Waals surface area contributed by atoms with E-state index in [1.165, 1.54) is 22.8 Å². The molecule has 1 aromatic carbocycles. The lowest BCUT2D eigenvalue weighted by Crippen LogP contribution is -2.50. The summed E-state index contributed by atoms with van der Waals surface area (Å²) in [5, 5.41) is 11.3. The quantitative estimate of drug-likeness (QED) is 0.546. The largest absolute Gasteiger partial charge is 0.619 e. The fourth-order valence-electron chi connectivity index (χ4n) is 2.65. The smallest absolute Gasteiger partial charge is 0.260 e. The molecule has 1 saturated heterocycles. The molecule has 1 aromatic heterocycles. The van der Waals surface area contributed by atoms with Crippen molar-refractivity contribution in [2.45, 2.75) is 4.90 Å². The fraction of sp³-hybridized carbons (Fsp3) is 0.250. The van der Waals surface area contributed by atoms with Gasteiger partial charge in [0, 0.05) is 36.7 Å². The topological polar surface area (TPSA) is 84.6 Å². The second-order valence-corrected chi connectivity index (χ2v) is 8.46. The minimum Gasteiger partial charge on any atom is -0.619 e. The van der Waals surface area contributed by atoms with Gasteiger partial charge in [0.2, 0.25) is 10.0 Å². The number of piperazine rings is 1. The Morgan fingerprint density at radius 2 is 1.72 bits per heavy atom. The molecule has 132 valence electrons. The van der Waals surface area contributed by atoms with Gasteiger partial charge < -0.3 is 10.1 Å². The number of sulfonamides is 1. The number of pyridine rings is 1. The van der Waals surface area contributed by atoms with E-state index in [1.54, 1.807) is 35.2 Å². The monoisotopic (exact) mass is 425 g/mol. The number of nitrogens with zero attached hydrogens (tertiary/aromatic N) is 3. The summed E-state index contributed by atoms with van der Waals surface area (Å²) in [4.78, 5) is 14.2. The van der Waals surface area contributed by atoms with Crippen LogP contribution >= 0.6 is 15.9 Å². The lowest BCUT2D eigenvalue weighted by atomic mass is 10.2. The van der Waals surface area contributed by atoms with Gasteiger partial charge in [0.05, 0.1) is 4.90 Å². The molecular formula is C16H16BrN3O4S. The molecule has 3 rings (SSSR count). The maximum atomic E-state index is 12.7. The Hall–Kier alpha value is -1.97. The SMILES string of the molecule is O=C(c1ccc[n+]([O-])c1)N1CCN(S(=O)(=O)c2ccc(Br)cc2)CC1. The lowest BCUT2D eigenvalue weighted by Gasteiger charge is -2.33. The number of hydrogen-bond acceptors (Lipinski definition) is 4. The molecule has 2 aromatic rings. The molecule has 1 aliphatic heterocycles. The number of halogens is 1. The summed E-state index contributed by atoms with van der Waals surface area (Å²) in [6.45, 7) is 0.993. The maximum absolute atomic E-state index is 12.7. The second kappa shape index (κ2) is 7.11. The van der Waals surface area contributed by atoms with Crippen LogP contribution in [0.5, 0.6) is 0 Å². The molecule has 1 fully saturated rings. The van der Waals surface area contributed by atoms with Crippen LogP contribution in [-0.2, 0) is 10.0 Å². The van der Waals surface area contributed by atoms with E-state index >= 15 is 0 Å². The number of carbonyl (C=O) groups excluding carboxylic acids is 1. The summed E-state index contributed by atoms with van der Waals surface area (Å²) in [7, 11) is -3.58. The van der Waals surface area contributed by atoms with Crippen molar-refractivity contribution in [1.29, 1.82) is 0 Å². The van der Waals surface area contributed by atoms with E-state index in [1.807, 2.05) is 0 Å². The van der Waals surface area contributed by atoms with Gasteiger partial charge in [0.15, 0.2) is 12.4 Å². The maximum Gasteiger partial charge on any atom is 0.260 e. The number of carbonyl (C=O) groups is 1. The fourth-order valence-corrected chi connectivity index (χ4v) is 4.34. The standard InChI is InChI=1S/C16H16BrN3O4S/c17-14-3-5-15(6-4-14)25(23,24)20-10-8-18(9-11-20)16(21)13-2-1-7-19(22)12-13/h1-7,12H,8-11H2. The lowest BCUT2D eigenvalue weighted by molar-refractivity contribution is -0.605. The Kier molecular flexibility index (Phi) is 5.07. The van der Waals surface area contributed by atoms with Crippen molar-refractivity contribution in [2.24, 2.45) is 0 Å². The van der Waals surface area contributed by atoms with Gasteiger partial charge in [-0.1, -0.05) is 15.9 Å². The van der Waals surface area contributed by atoms with Crippen LogP contribution in [0.2, 0.25) is 0 Å². The summed E-state index contributed by atoms with van der Waals surface area (Å²) < 4.78 is 28.1. The number of aromatic nitrogens is 1. The van der Waals surface area contributed by atoms with Gasteiger partial charge in [0.1, 0.15) is 5.56 Å². The number of benzene rings is 1. The molecule has 0 radical (unpaired) electrons. The molecule has 0 aliphatic carbocycles. The number of hydrogen-bond donors (Lipinski definition) is 0. The molecule has 1 aliphatic rings. The van der Waals surface area contributed by atoms with Crippen LogP contribution in [0.1, 0.15) is 10.4 Å². The molecule has 7 nitrogen and oxygen atoms in total. The second-order valence-electron chi connectivity index (χ2n) is 5.60. The van der Waals surface area contributed by atoms with Crippen LogP contribution in [-0.4, -0.2) is 49.7 Å². The van der Waals surface area contributed by atoms with Gasteiger partial charge in [0.25, 0.3) is 5.91 Å². The van der Waals surface area contributed by atoms with Crippen molar-refractivity contribution >= 4 is 31.9 Å². The molecular weight excluding hydrogens is 410 g/mol. The Balaban J connectivity index is 1.69. The van der Waals surface area contributed by atoms with Crippen molar-refractivity contribution in [3.05, 3.63) is 64.0 Å². The van der Waals surface area contributed by atoms with Gasteiger partial charge in [-0.3, -0.25) is 4.79 Å². The van der Waals surface area contributed by atoms with Crippen LogP contribution in [0.3, 0.4) is 0 Å². The van der Waals surface area contributed by atoms with E-state index in [-0.39, 0.29) is 37.0 Å². The van der Waals surface area contributed by atoms with E-state index in [9.17, 15) is 18.4 Å². The minimum absolute atomic E-state index is 0.217. The molecule has 1 amide bonds. The summed E-state index contributed by atoms with van der Waals surface area (Å²) >= 11 is 3.28. The first-order valence-corrected chi connectivity index (χ1v) is 9.85. The zero-order valence-corrected chi connectivity index (χ0v) is 15.6. The molecule has 0 saturated carbocycles. The molecule has 0 bridgehead atoms. The van der Waals surface area contributed by atoms with Gasteiger partial charge in [-0.2, -0.15) is 9.04 Å². The molecule has 0 spiro atoms. The average Bonchev–Trinajstić information content (AvgIpc) is 2.61. The van der Waals surface area contributed by atoms with Gasteiger partial charge >= 0.3 is 0 Å². The average molecular weight is 426 g/mol. The van der Waals surface area contributed by atoms with Crippen LogP contribution in [0.25, 0.3) is 0 Å². The first kappa shape index (κ1) is 17.8. The van der Waals surface area contributed by atoms with E-state index in [4.69, 9.17) is 0 Å². The Morgan fingerprint density at radius 1 is 1.08 bits per heavy atom. The van der Waals surface area contributed by atoms with Gasteiger partial charge in [-0.15, -0.1) is 0 Å². The zero-order chi connectivity index (χ0) is 18.0. The summed E-state index contributed by atoms with van der Waals surface area (Å²) in [6.07, 6.45) is 2.52. The van der Waals surface area contributed by atoms with Crippen molar-refractivity contribution in [3.63, 3.8) is 0 Å². The van der Waals surface area contributed by atoms with E-state index in [2.05, 4.69) is 15.9 Å². The summed E-state index contributed by atoms with van der Waals surface area (Å²) in [5.74, 6) is -0.272. The van der Waals surface area contributed by atoms with Crippen LogP contribution < -0.4 is 4.73 Å². The first-order chi connectivity index (χ1) is 11.9. The van der Waals surface area contributed by atoms with Crippen molar-refractivity contribution in [2.75, 3.05) is 26.2 Å². The summed E-state index contributed by atoms with van der Waals surface area (Å²) in [6, 6.07) is 9.54. The molecule has 0 atom stereocenters.